The van der Waals surface area contributed by atoms with E-state index in [0.29, 0.717) is 31.2 Å². The SMILES string of the molecule is CC1CN(C(=O)c2ccc(CNC(=O)NC3CCCCCC3)cc2)CC(C)O1. The van der Waals surface area contributed by atoms with Gasteiger partial charge in [-0.05, 0) is 44.4 Å². The number of ether oxygens (including phenoxy) is 1. The van der Waals surface area contributed by atoms with E-state index in [9.17, 15) is 9.59 Å². The highest BCUT2D eigenvalue weighted by molar-refractivity contribution is 5.94. The third-order valence-corrected chi connectivity index (χ3v) is 5.55. The quantitative estimate of drug-likeness (QED) is 0.778. The molecule has 0 radical (unpaired) electrons. The van der Waals surface area contributed by atoms with Crippen molar-refractivity contribution in [2.24, 2.45) is 0 Å². The molecule has 6 heteroatoms. The Kier molecular flexibility index (Phi) is 7.31. The van der Waals surface area contributed by atoms with Gasteiger partial charge < -0.3 is 20.3 Å². The second kappa shape index (κ2) is 9.92. The summed E-state index contributed by atoms with van der Waals surface area (Å²) in [5.41, 5.74) is 1.66. The van der Waals surface area contributed by atoms with Gasteiger partial charge in [0.2, 0.25) is 0 Å². The van der Waals surface area contributed by atoms with Crippen LogP contribution in [0.2, 0.25) is 0 Å². The maximum absolute atomic E-state index is 12.7. The molecule has 0 bridgehead atoms. The lowest BCUT2D eigenvalue weighted by atomic mass is 10.1. The van der Waals surface area contributed by atoms with Gasteiger partial charge in [-0.2, -0.15) is 0 Å². The summed E-state index contributed by atoms with van der Waals surface area (Å²) in [4.78, 5) is 26.7. The first-order valence-electron chi connectivity index (χ1n) is 10.6. The minimum absolute atomic E-state index is 0.0348. The molecule has 1 aliphatic carbocycles. The standard InChI is InChI=1S/C22H33N3O3/c1-16-14-25(15-17(2)28-16)21(26)19-11-9-18(10-12-19)13-23-22(27)24-20-7-5-3-4-6-8-20/h9-12,16-17,20H,3-8,13-15H2,1-2H3,(H2,23,24,27). The van der Waals surface area contributed by atoms with Gasteiger partial charge in [0.25, 0.3) is 5.91 Å². The van der Waals surface area contributed by atoms with Crippen LogP contribution in [-0.2, 0) is 11.3 Å². The average molecular weight is 388 g/mol. The van der Waals surface area contributed by atoms with Crippen LogP contribution in [0, 0.1) is 0 Å². The van der Waals surface area contributed by atoms with E-state index >= 15 is 0 Å². The van der Waals surface area contributed by atoms with Crippen LogP contribution in [0.5, 0.6) is 0 Å². The Morgan fingerprint density at radius 2 is 1.61 bits per heavy atom. The van der Waals surface area contributed by atoms with E-state index in [-0.39, 0.29) is 24.1 Å². The predicted molar refractivity (Wildman–Crippen MR) is 109 cm³/mol. The van der Waals surface area contributed by atoms with E-state index in [0.717, 1.165) is 18.4 Å². The summed E-state index contributed by atoms with van der Waals surface area (Å²) in [5.74, 6) is 0.0348. The fourth-order valence-electron chi connectivity index (χ4n) is 4.13. The average Bonchev–Trinajstić information content (AvgIpc) is 2.94. The van der Waals surface area contributed by atoms with Gasteiger partial charge >= 0.3 is 6.03 Å². The first-order valence-corrected chi connectivity index (χ1v) is 10.6. The van der Waals surface area contributed by atoms with E-state index in [4.69, 9.17) is 4.74 Å². The number of amides is 3. The van der Waals surface area contributed by atoms with Crippen molar-refractivity contribution >= 4 is 11.9 Å². The number of benzene rings is 1. The van der Waals surface area contributed by atoms with Gasteiger partial charge in [0.1, 0.15) is 0 Å². The van der Waals surface area contributed by atoms with Gasteiger partial charge in [0.15, 0.2) is 0 Å². The van der Waals surface area contributed by atoms with Crippen LogP contribution in [0.25, 0.3) is 0 Å². The molecule has 0 aromatic heterocycles. The van der Waals surface area contributed by atoms with Crippen molar-refractivity contribution in [2.75, 3.05) is 13.1 Å². The van der Waals surface area contributed by atoms with Crippen LogP contribution < -0.4 is 10.6 Å². The van der Waals surface area contributed by atoms with Crippen molar-refractivity contribution in [1.82, 2.24) is 15.5 Å². The molecule has 6 nitrogen and oxygen atoms in total. The van der Waals surface area contributed by atoms with Crippen molar-refractivity contribution in [3.8, 4) is 0 Å². The zero-order chi connectivity index (χ0) is 19.9. The highest BCUT2D eigenvalue weighted by Gasteiger charge is 2.26. The Morgan fingerprint density at radius 1 is 1.00 bits per heavy atom. The first kappa shape index (κ1) is 20.6. The highest BCUT2D eigenvalue weighted by Crippen LogP contribution is 2.17. The van der Waals surface area contributed by atoms with Gasteiger partial charge in [0, 0.05) is 31.2 Å². The van der Waals surface area contributed by atoms with Crippen molar-refractivity contribution in [3.05, 3.63) is 35.4 Å². The second-order valence-corrected chi connectivity index (χ2v) is 8.18. The molecule has 1 saturated carbocycles. The van der Waals surface area contributed by atoms with Gasteiger partial charge in [-0.1, -0.05) is 37.8 Å². The number of carbonyl (C=O) groups is 2. The minimum atomic E-state index is -0.108. The molecule has 3 amide bonds. The number of hydrogen-bond acceptors (Lipinski definition) is 3. The lowest BCUT2D eigenvalue weighted by Crippen LogP contribution is -2.48. The zero-order valence-electron chi connectivity index (χ0n) is 17.1. The van der Waals surface area contributed by atoms with Crippen molar-refractivity contribution in [2.45, 2.75) is 77.2 Å². The molecule has 2 atom stereocenters. The van der Waals surface area contributed by atoms with E-state index in [1.54, 1.807) is 0 Å². The van der Waals surface area contributed by atoms with Crippen LogP contribution in [0.4, 0.5) is 4.79 Å². The third-order valence-electron chi connectivity index (χ3n) is 5.55. The fourth-order valence-corrected chi connectivity index (χ4v) is 4.13. The summed E-state index contributed by atoms with van der Waals surface area (Å²) in [6, 6.07) is 7.68. The Hall–Kier alpha value is -2.08. The molecular weight excluding hydrogens is 354 g/mol. The number of carbonyl (C=O) groups excluding carboxylic acids is 2. The smallest absolute Gasteiger partial charge is 0.315 e. The van der Waals surface area contributed by atoms with Gasteiger partial charge in [-0.15, -0.1) is 0 Å². The van der Waals surface area contributed by atoms with Gasteiger partial charge in [-0.3, -0.25) is 4.79 Å². The molecule has 1 heterocycles. The van der Waals surface area contributed by atoms with Crippen LogP contribution in [0.1, 0.15) is 68.3 Å². The maximum Gasteiger partial charge on any atom is 0.315 e. The number of morpholine rings is 1. The molecule has 2 fully saturated rings. The van der Waals surface area contributed by atoms with Crippen LogP contribution >= 0.6 is 0 Å². The predicted octanol–water partition coefficient (Wildman–Crippen LogP) is 3.46. The Labute approximate surface area is 168 Å². The molecule has 154 valence electrons. The number of nitrogens with zero attached hydrogens (tertiary/aromatic N) is 1. The summed E-state index contributed by atoms with van der Waals surface area (Å²) in [6.07, 6.45) is 7.19. The van der Waals surface area contributed by atoms with Crippen LogP contribution in [0.3, 0.4) is 0 Å². The lowest BCUT2D eigenvalue weighted by Gasteiger charge is -2.35. The van der Waals surface area contributed by atoms with Crippen LogP contribution in [-0.4, -0.2) is 48.2 Å². The lowest BCUT2D eigenvalue weighted by molar-refractivity contribution is -0.0586. The van der Waals surface area contributed by atoms with Crippen molar-refractivity contribution in [1.29, 1.82) is 0 Å². The molecule has 28 heavy (non-hydrogen) atoms. The fraction of sp³-hybridized carbons (Fsp3) is 0.636. The minimum Gasteiger partial charge on any atom is -0.372 e. The summed E-state index contributed by atoms with van der Waals surface area (Å²) in [6.45, 7) is 5.68. The molecule has 1 aromatic rings. The van der Waals surface area contributed by atoms with E-state index in [2.05, 4.69) is 10.6 Å². The zero-order valence-corrected chi connectivity index (χ0v) is 17.1. The Balaban J connectivity index is 1.47. The number of urea groups is 1. The highest BCUT2D eigenvalue weighted by atomic mass is 16.5. The summed E-state index contributed by atoms with van der Waals surface area (Å²) >= 11 is 0. The van der Waals surface area contributed by atoms with E-state index < -0.39 is 0 Å². The maximum atomic E-state index is 12.7. The first-order chi connectivity index (χ1) is 13.5. The number of rotatable bonds is 4. The number of hydrogen-bond donors (Lipinski definition) is 2. The summed E-state index contributed by atoms with van der Waals surface area (Å²) < 4.78 is 5.70. The molecule has 1 aliphatic heterocycles. The largest absolute Gasteiger partial charge is 0.372 e. The summed E-state index contributed by atoms with van der Waals surface area (Å²) in [5, 5.41) is 6.02. The molecular formula is C22H33N3O3. The Bertz CT molecular complexity index is 643. The van der Waals surface area contributed by atoms with E-state index in [1.165, 1.54) is 25.7 Å². The molecule has 3 rings (SSSR count). The Morgan fingerprint density at radius 3 is 2.21 bits per heavy atom. The second-order valence-electron chi connectivity index (χ2n) is 8.18. The number of nitrogens with one attached hydrogen (secondary N) is 2. The van der Waals surface area contributed by atoms with Gasteiger partial charge in [0.05, 0.1) is 12.2 Å². The van der Waals surface area contributed by atoms with Crippen LogP contribution in [0.15, 0.2) is 24.3 Å². The molecule has 1 saturated heterocycles. The molecule has 1 aromatic carbocycles. The molecule has 2 aliphatic rings. The topological polar surface area (TPSA) is 70.7 Å². The monoisotopic (exact) mass is 387 g/mol. The van der Waals surface area contributed by atoms with Gasteiger partial charge in [-0.25, -0.2) is 4.79 Å². The van der Waals surface area contributed by atoms with Crippen molar-refractivity contribution < 1.29 is 14.3 Å². The third kappa shape index (κ3) is 5.96. The van der Waals surface area contributed by atoms with E-state index in [1.807, 2.05) is 43.0 Å². The van der Waals surface area contributed by atoms with Crippen molar-refractivity contribution in [3.63, 3.8) is 0 Å². The molecule has 2 N–H and O–H groups in total. The molecule has 0 spiro atoms. The molecule has 2 unspecified atom stereocenters. The normalized spacial score (nSPS) is 23.7. The summed E-state index contributed by atoms with van der Waals surface area (Å²) in [7, 11) is 0.